The summed E-state index contributed by atoms with van der Waals surface area (Å²) in [7, 11) is 0. The van der Waals surface area contributed by atoms with Gasteiger partial charge in [0.2, 0.25) is 5.91 Å². The van der Waals surface area contributed by atoms with Crippen LogP contribution >= 0.6 is 0 Å². The van der Waals surface area contributed by atoms with Gasteiger partial charge in [-0.25, -0.2) is 0 Å². The highest BCUT2D eigenvalue weighted by Crippen LogP contribution is 2.01. The molecule has 1 amide bonds. The molecule has 0 aromatic heterocycles. The molecule has 0 aliphatic carbocycles. The normalized spacial score (nSPS) is 10.3. The molecular formula is C8H9N3O. The summed E-state index contributed by atoms with van der Waals surface area (Å²) in [5.41, 5.74) is 6.27. The van der Waals surface area contributed by atoms with Crippen LogP contribution in [0.5, 0.6) is 0 Å². The van der Waals surface area contributed by atoms with Crippen molar-refractivity contribution >= 4 is 12.1 Å². The molecule has 0 saturated carbocycles. The minimum atomic E-state index is -0.456. The predicted octanol–water partition coefficient (Wildman–Crippen LogP) is 0.0781. The van der Waals surface area contributed by atoms with Crippen molar-refractivity contribution in [2.45, 2.75) is 0 Å². The van der Waals surface area contributed by atoms with Gasteiger partial charge in [0.05, 0.1) is 6.21 Å². The van der Waals surface area contributed by atoms with Gasteiger partial charge in [-0.05, 0) is 17.7 Å². The Bertz CT molecular complexity index is 320. The van der Waals surface area contributed by atoms with Gasteiger partial charge in [-0.15, -0.1) is 0 Å². The van der Waals surface area contributed by atoms with Crippen LogP contribution in [0.2, 0.25) is 0 Å². The summed E-state index contributed by atoms with van der Waals surface area (Å²) in [6.07, 6.45) is 1.45. The van der Waals surface area contributed by atoms with Crippen molar-refractivity contribution in [2.24, 2.45) is 16.7 Å². The molecular weight excluding hydrogens is 154 g/mol. The van der Waals surface area contributed by atoms with Gasteiger partial charge in [0, 0.05) is 5.56 Å². The number of benzene rings is 1. The van der Waals surface area contributed by atoms with E-state index in [1.165, 1.54) is 6.21 Å². The molecule has 4 heteroatoms. The van der Waals surface area contributed by atoms with Crippen molar-refractivity contribution in [3.63, 3.8) is 0 Å². The Hall–Kier alpha value is -1.84. The van der Waals surface area contributed by atoms with Gasteiger partial charge in [-0.1, -0.05) is 12.1 Å². The van der Waals surface area contributed by atoms with E-state index in [1.807, 2.05) is 0 Å². The Morgan fingerprint density at radius 2 is 2.25 bits per heavy atom. The van der Waals surface area contributed by atoms with E-state index in [9.17, 15) is 4.79 Å². The highest BCUT2D eigenvalue weighted by atomic mass is 16.1. The van der Waals surface area contributed by atoms with Crippen LogP contribution in [0.15, 0.2) is 29.4 Å². The van der Waals surface area contributed by atoms with Gasteiger partial charge >= 0.3 is 0 Å². The Morgan fingerprint density at radius 1 is 1.50 bits per heavy atom. The number of rotatable bonds is 2. The fourth-order valence-corrected chi connectivity index (χ4v) is 0.858. The molecule has 0 heterocycles. The van der Waals surface area contributed by atoms with Crippen LogP contribution in [0, 0.1) is 0 Å². The summed E-state index contributed by atoms with van der Waals surface area (Å²) < 4.78 is 0. The third-order valence-electron chi connectivity index (χ3n) is 1.39. The summed E-state index contributed by atoms with van der Waals surface area (Å²) in [5.74, 6) is 4.48. The zero-order valence-electron chi connectivity index (χ0n) is 6.40. The SMILES string of the molecule is N/N=C/c1cccc(C(N)=O)c1. The Kier molecular flexibility index (Phi) is 2.42. The first kappa shape index (κ1) is 8.26. The van der Waals surface area contributed by atoms with E-state index in [0.717, 1.165) is 5.56 Å². The van der Waals surface area contributed by atoms with E-state index in [2.05, 4.69) is 5.10 Å². The van der Waals surface area contributed by atoms with Crippen molar-refractivity contribution < 1.29 is 4.79 Å². The lowest BCUT2D eigenvalue weighted by Crippen LogP contribution is -2.10. The lowest BCUT2D eigenvalue weighted by Gasteiger charge is -1.95. The van der Waals surface area contributed by atoms with Crippen molar-refractivity contribution in [1.29, 1.82) is 0 Å². The van der Waals surface area contributed by atoms with Gasteiger partial charge < -0.3 is 11.6 Å². The van der Waals surface area contributed by atoms with Gasteiger partial charge in [0.1, 0.15) is 0 Å². The summed E-state index contributed by atoms with van der Waals surface area (Å²) >= 11 is 0. The van der Waals surface area contributed by atoms with Crippen LogP contribution in [0.4, 0.5) is 0 Å². The number of carbonyl (C=O) groups is 1. The van der Waals surface area contributed by atoms with E-state index >= 15 is 0 Å². The van der Waals surface area contributed by atoms with Crippen molar-refractivity contribution in [2.75, 3.05) is 0 Å². The maximum atomic E-state index is 10.7. The molecule has 0 bridgehead atoms. The van der Waals surface area contributed by atoms with E-state index in [-0.39, 0.29) is 0 Å². The number of nitrogens with zero attached hydrogens (tertiary/aromatic N) is 1. The average Bonchev–Trinajstić information content (AvgIpc) is 2.05. The second-order valence-electron chi connectivity index (χ2n) is 2.27. The zero-order chi connectivity index (χ0) is 8.97. The Morgan fingerprint density at radius 3 is 2.83 bits per heavy atom. The van der Waals surface area contributed by atoms with Gasteiger partial charge in [0.25, 0.3) is 0 Å². The predicted molar refractivity (Wildman–Crippen MR) is 46.7 cm³/mol. The fourth-order valence-electron chi connectivity index (χ4n) is 0.858. The van der Waals surface area contributed by atoms with Crippen molar-refractivity contribution in [1.82, 2.24) is 0 Å². The summed E-state index contributed by atoms with van der Waals surface area (Å²) in [4.78, 5) is 10.7. The minimum absolute atomic E-state index is 0.451. The van der Waals surface area contributed by atoms with Gasteiger partial charge in [-0.3, -0.25) is 4.79 Å². The van der Waals surface area contributed by atoms with E-state index < -0.39 is 5.91 Å². The van der Waals surface area contributed by atoms with Crippen molar-refractivity contribution in [3.05, 3.63) is 35.4 Å². The molecule has 4 N–H and O–H groups in total. The molecule has 4 nitrogen and oxygen atoms in total. The smallest absolute Gasteiger partial charge is 0.248 e. The molecule has 0 unspecified atom stereocenters. The molecule has 1 aromatic carbocycles. The number of hydrazone groups is 1. The summed E-state index contributed by atoms with van der Waals surface area (Å²) in [5, 5.41) is 3.33. The number of nitrogens with two attached hydrogens (primary N) is 2. The zero-order valence-corrected chi connectivity index (χ0v) is 6.40. The standard InChI is InChI=1S/C8H9N3O/c9-8(12)7-3-1-2-6(4-7)5-11-10/h1-5H,10H2,(H2,9,12)/b11-5+. The second kappa shape index (κ2) is 3.52. The molecule has 1 rings (SSSR count). The summed E-state index contributed by atoms with van der Waals surface area (Å²) in [6.45, 7) is 0. The number of amides is 1. The molecule has 1 aromatic rings. The maximum absolute atomic E-state index is 10.7. The topological polar surface area (TPSA) is 81.5 Å². The monoisotopic (exact) mass is 163 g/mol. The molecule has 0 spiro atoms. The van der Waals surface area contributed by atoms with Gasteiger partial charge in [0.15, 0.2) is 0 Å². The van der Waals surface area contributed by atoms with E-state index in [0.29, 0.717) is 5.56 Å². The van der Waals surface area contributed by atoms with E-state index in [1.54, 1.807) is 24.3 Å². The minimum Gasteiger partial charge on any atom is -0.366 e. The largest absolute Gasteiger partial charge is 0.366 e. The molecule has 0 saturated heterocycles. The molecule has 0 aliphatic rings. The Balaban J connectivity index is 3.03. The van der Waals surface area contributed by atoms with Crippen LogP contribution in [0.25, 0.3) is 0 Å². The molecule has 0 atom stereocenters. The van der Waals surface area contributed by atoms with Crippen LogP contribution in [0.1, 0.15) is 15.9 Å². The fraction of sp³-hybridized carbons (Fsp3) is 0. The van der Waals surface area contributed by atoms with Crippen molar-refractivity contribution in [3.8, 4) is 0 Å². The van der Waals surface area contributed by atoms with Gasteiger partial charge in [-0.2, -0.15) is 5.10 Å². The maximum Gasteiger partial charge on any atom is 0.248 e. The first-order valence-electron chi connectivity index (χ1n) is 3.37. The highest BCUT2D eigenvalue weighted by Gasteiger charge is 1.98. The van der Waals surface area contributed by atoms with Crippen LogP contribution in [0.3, 0.4) is 0 Å². The first-order valence-corrected chi connectivity index (χ1v) is 3.37. The lowest BCUT2D eigenvalue weighted by molar-refractivity contribution is 0.100. The highest BCUT2D eigenvalue weighted by molar-refractivity contribution is 5.94. The number of hydrogen-bond acceptors (Lipinski definition) is 3. The van der Waals surface area contributed by atoms with E-state index in [4.69, 9.17) is 11.6 Å². The lowest BCUT2D eigenvalue weighted by atomic mass is 10.1. The average molecular weight is 163 g/mol. The molecule has 0 radical (unpaired) electrons. The molecule has 0 aliphatic heterocycles. The third kappa shape index (κ3) is 1.82. The Labute approximate surface area is 69.9 Å². The first-order chi connectivity index (χ1) is 5.74. The second-order valence-corrected chi connectivity index (χ2v) is 2.27. The third-order valence-corrected chi connectivity index (χ3v) is 1.39. The number of hydrogen-bond donors (Lipinski definition) is 2. The summed E-state index contributed by atoms with van der Waals surface area (Å²) in [6, 6.07) is 6.76. The quantitative estimate of drug-likeness (QED) is 0.367. The molecule has 62 valence electrons. The van der Waals surface area contributed by atoms with Crippen LogP contribution in [-0.2, 0) is 0 Å². The van der Waals surface area contributed by atoms with Crippen LogP contribution < -0.4 is 11.6 Å². The molecule has 0 fully saturated rings. The van der Waals surface area contributed by atoms with Crippen LogP contribution in [-0.4, -0.2) is 12.1 Å². The molecule has 12 heavy (non-hydrogen) atoms. The number of carbonyl (C=O) groups excluding carboxylic acids is 1. The number of primary amides is 1.